The molecule has 94 valence electrons. The Bertz CT molecular complexity index is 390. The highest BCUT2D eigenvalue weighted by Crippen LogP contribution is 2.21. The summed E-state index contributed by atoms with van der Waals surface area (Å²) in [7, 11) is 1.64. The molecule has 0 saturated carbocycles. The van der Waals surface area contributed by atoms with Crippen molar-refractivity contribution in [1.82, 2.24) is 0 Å². The van der Waals surface area contributed by atoms with Gasteiger partial charge < -0.3 is 15.6 Å². The maximum atomic E-state index is 10.5. The Morgan fingerprint density at radius 3 is 2.76 bits per heavy atom. The van der Waals surface area contributed by atoms with Crippen LogP contribution in [-0.2, 0) is 17.6 Å². The van der Waals surface area contributed by atoms with Crippen LogP contribution in [0.5, 0.6) is 5.75 Å². The quantitative estimate of drug-likeness (QED) is 0.788. The number of carbonyl (C=O) groups is 1. The first-order chi connectivity index (χ1) is 8.06. The van der Waals surface area contributed by atoms with Gasteiger partial charge in [-0.15, -0.1) is 0 Å². The fraction of sp³-hybridized carbons (Fsp3) is 0.462. The Morgan fingerprint density at radius 2 is 2.24 bits per heavy atom. The van der Waals surface area contributed by atoms with Gasteiger partial charge in [0.1, 0.15) is 5.75 Å². The van der Waals surface area contributed by atoms with Crippen molar-refractivity contribution in [3.05, 3.63) is 29.3 Å². The molecule has 1 rings (SSSR count). The number of rotatable bonds is 6. The van der Waals surface area contributed by atoms with Crippen LogP contribution in [0.25, 0.3) is 0 Å². The molecule has 0 radical (unpaired) electrons. The maximum Gasteiger partial charge on any atom is 0.304 e. The van der Waals surface area contributed by atoms with Crippen molar-refractivity contribution in [2.45, 2.75) is 32.2 Å². The molecule has 4 nitrogen and oxygen atoms in total. The molecular weight excluding hydrogens is 218 g/mol. The number of methoxy groups -OCH3 is 1. The van der Waals surface area contributed by atoms with Crippen LogP contribution in [0, 0.1) is 0 Å². The zero-order valence-electron chi connectivity index (χ0n) is 10.3. The van der Waals surface area contributed by atoms with Gasteiger partial charge in [-0.1, -0.05) is 19.1 Å². The molecule has 3 N–H and O–H groups in total. The zero-order chi connectivity index (χ0) is 12.8. The second-order valence-corrected chi connectivity index (χ2v) is 4.06. The summed E-state index contributed by atoms with van der Waals surface area (Å²) in [6, 6.07) is 5.52. The van der Waals surface area contributed by atoms with Crippen LogP contribution in [-0.4, -0.2) is 24.2 Å². The molecule has 1 aromatic carbocycles. The molecule has 4 heteroatoms. The molecule has 0 aliphatic heterocycles. The fourth-order valence-electron chi connectivity index (χ4n) is 1.83. The second kappa shape index (κ2) is 6.25. The SMILES string of the molecule is CCc1cc(CC(N)CC(=O)O)ccc1OC. The standard InChI is InChI=1S/C13H19NO3/c1-3-10-6-9(4-5-12(10)17-2)7-11(14)8-13(15)16/h4-6,11H,3,7-8,14H2,1-2H3,(H,15,16). The normalized spacial score (nSPS) is 12.2. The van der Waals surface area contributed by atoms with Crippen LogP contribution in [0.3, 0.4) is 0 Å². The lowest BCUT2D eigenvalue weighted by atomic mass is 10.0. The smallest absolute Gasteiger partial charge is 0.304 e. The van der Waals surface area contributed by atoms with Crippen LogP contribution in [0.2, 0.25) is 0 Å². The van der Waals surface area contributed by atoms with Crippen molar-refractivity contribution in [3.63, 3.8) is 0 Å². The Hall–Kier alpha value is -1.55. The summed E-state index contributed by atoms with van der Waals surface area (Å²) in [4.78, 5) is 10.5. The summed E-state index contributed by atoms with van der Waals surface area (Å²) in [5, 5.41) is 8.64. The maximum absolute atomic E-state index is 10.5. The minimum Gasteiger partial charge on any atom is -0.496 e. The van der Waals surface area contributed by atoms with Crippen molar-refractivity contribution in [3.8, 4) is 5.75 Å². The highest BCUT2D eigenvalue weighted by molar-refractivity contribution is 5.67. The van der Waals surface area contributed by atoms with Crippen molar-refractivity contribution >= 4 is 5.97 Å². The number of hydrogen-bond acceptors (Lipinski definition) is 3. The molecule has 0 saturated heterocycles. The number of nitrogens with two attached hydrogens (primary N) is 1. The first-order valence-electron chi connectivity index (χ1n) is 5.70. The van der Waals surface area contributed by atoms with Crippen LogP contribution in [0.15, 0.2) is 18.2 Å². The molecule has 1 unspecified atom stereocenters. The summed E-state index contributed by atoms with van der Waals surface area (Å²) >= 11 is 0. The highest BCUT2D eigenvalue weighted by Gasteiger charge is 2.10. The van der Waals surface area contributed by atoms with E-state index < -0.39 is 5.97 Å². The predicted molar refractivity (Wildman–Crippen MR) is 66.3 cm³/mol. The van der Waals surface area contributed by atoms with Crippen molar-refractivity contribution < 1.29 is 14.6 Å². The van der Waals surface area contributed by atoms with E-state index in [1.165, 1.54) is 0 Å². The van der Waals surface area contributed by atoms with Gasteiger partial charge in [-0.3, -0.25) is 4.79 Å². The summed E-state index contributed by atoms with van der Waals surface area (Å²) < 4.78 is 5.24. The minimum atomic E-state index is -0.860. The van der Waals surface area contributed by atoms with Gasteiger partial charge in [0.05, 0.1) is 13.5 Å². The van der Waals surface area contributed by atoms with Crippen LogP contribution in [0.1, 0.15) is 24.5 Å². The van der Waals surface area contributed by atoms with Gasteiger partial charge >= 0.3 is 5.97 Å². The summed E-state index contributed by atoms with van der Waals surface area (Å²) in [6.07, 6.45) is 1.45. The first kappa shape index (κ1) is 13.5. The molecular formula is C13H19NO3. The van der Waals surface area contributed by atoms with Gasteiger partial charge in [0.2, 0.25) is 0 Å². The number of carboxylic acids is 1. The zero-order valence-corrected chi connectivity index (χ0v) is 10.3. The van der Waals surface area contributed by atoms with Gasteiger partial charge in [-0.2, -0.15) is 0 Å². The molecule has 0 amide bonds. The first-order valence-corrected chi connectivity index (χ1v) is 5.70. The molecule has 1 aromatic rings. The molecule has 0 aromatic heterocycles. The Balaban J connectivity index is 2.75. The Kier molecular flexibility index (Phi) is 4.97. The van der Waals surface area contributed by atoms with E-state index >= 15 is 0 Å². The average Bonchev–Trinajstić information content (AvgIpc) is 2.27. The molecule has 0 spiro atoms. The van der Waals surface area contributed by atoms with E-state index in [2.05, 4.69) is 6.92 Å². The highest BCUT2D eigenvalue weighted by atomic mass is 16.5. The third-order valence-corrected chi connectivity index (χ3v) is 2.66. The van der Waals surface area contributed by atoms with Crippen molar-refractivity contribution in [2.75, 3.05) is 7.11 Å². The molecule has 0 heterocycles. The third-order valence-electron chi connectivity index (χ3n) is 2.66. The third kappa shape index (κ3) is 4.07. The fourth-order valence-corrected chi connectivity index (χ4v) is 1.83. The summed E-state index contributed by atoms with van der Waals surface area (Å²) in [6.45, 7) is 2.05. The van der Waals surface area contributed by atoms with Crippen LogP contribution >= 0.6 is 0 Å². The van der Waals surface area contributed by atoms with Gasteiger partial charge in [-0.05, 0) is 30.0 Å². The molecule has 0 fully saturated rings. The lowest BCUT2D eigenvalue weighted by Gasteiger charge is -2.12. The molecule has 1 atom stereocenters. The lowest BCUT2D eigenvalue weighted by molar-refractivity contribution is -0.137. The number of carboxylic acid groups (broad SMARTS) is 1. The molecule has 0 aliphatic carbocycles. The monoisotopic (exact) mass is 237 g/mol. The van der Waals surface area contributed by atoms with E-state index in [9.17, 15) is 4.79 Å². The van der Waals surface area contributed by atoms with E-state index in [0.717, 1.165) is 23.3 Å². The van der Waals surface area contributed by atoms with Crippen LogP contribution in [0.4, 0.5) is 0 Å². The lowest BCUT2D eigenvalue weighted by Crippen LogP contribution is -2.26. The van der Waals surface area contributed by atoms with E-state index in [-0.39, 0.29) is 12.5 Å². The Labute approximate surface area is 101 Å². The summed E-state index contributed by atoms with van der Waals surface area (Å²) in [5.74, 6) is 0.00443. The van der Waals surface area contributed by atoms with E-state index in [1.54, 1.807) is 7.11 Å². The van der Waals surface area contributed by atoms with Gasteiger partial charge in [0.25, 0.3) is 0 Å². The van der Waals surface area contributed by atoms with Crippen LogP contribution < -0.4 is 10.5 Å². The van der Waals surface area contributed by atoms with Crippen molar-refractivity contribution in [2.24, 2.45) is 5.73 Å². The second-order valence-electron chi connectivity index (χ2n) is 4.06. The molecule has 17 heavy (non-hydrogen) atoms. The van der Waals surface area contributed by atoms with Crippen molar-refractivity contribution in [1.29, 1.82) is 0 Å². The number of benzene rings is 1. The number of ether oxygens (including phenoxy) is 1. The van der Waals surface area contributed by atoms with Gasteiger partial charge in [0.15, 0.2) is 0 Å². The Morgan fingerprint density at radius 1 is 1.53 bits per heavy atom. The van der Waals surface area contributed by atoms with E-state index in [0.29, 0.717) is 6.42 Å². The number of hydrogen-bond donors (Lipinski definition) is 2. The van der Waals surface area contributed by atoms with Gasteiger partial charge in [0, 0.05) is 6.04 Å². The molecule has 0 bridgehead atoms. The van der Waals surface area contributed by atoms with Gasteiger partial charge in [-0.25, -0.2) is 0 Å². The number of aryl methyl sites for hydroxylation is 1. The largest absolute Gasteiger partial charge is 0.496 e. The van der Waals surface area contributed by atoms with E-state index in [1.807, 2.05) is 18.2 Å². The molecule has 0 aliphatic rings. The topological polar surface area (TPSA) is 72.6 Å². The predicted octanol–water partition coefficient (Wildman–Crippen LogP) is 1.60. The average molecular weight is 237 g/mol. The summed E-state index contributed by atoms with van der Waals surface area (Å²) in [5.41, 5.74) is 7.93. The number of aliphatic carboxylic acids is 1. The van der Waals surface area contributed by atoms with E-state index in [4.69, 9.17) is 15.6 Å². The minimum absolute atomic E-state index is 0.00646.